The Balaban J connectivity index is 1.84. The average molecular weight is 320 g/mol. The summed E-state index contributed by atoms with van der Waals surface area (Å²) in [5.74, 6) is -0.301. The van der Waals surface area contributed by atoms with Gasteiger partial charge in [-0.3, -0.25) is 4.79 Å². The molecular weight excluding hydrogens is 303 g/mol. The number of ether oxygens (including phenoxy) is 1. The van der Waals surface area contributed by atoms with Crippen molar-refractivity contribution < 1.29 is 13.9 Å². The summed E-state index contributed by atoms with van der Waals surface area (Å²) in [7, 11) is 0. The van der Waals surface area contributed by atoms with Gasteiger partial charge >= 0.3 is 0 Å². The number of nitrogens with one attached hydrogen (secondary N) is 1. The van der Waals surface area contributed by atoms with E-state index in [4.69, 9.17) is 4.74 Å². The number of hydrogen-bond acceptors (Lipinski definition) is 4. The van der Waals surface area contributed by atoms with Crippen LogP contribution in [0.4, 0.5) is 4.39 Å². The van der Waals surface area contributed by atoms with E-state index in [1.54, 1.807) is 12.1 Å². The van der Waals surface area contributed by atoms with E-state index in [2.05, 4.69) is 10.3 Å². The Kier molecular flexibility index (Phi) is 4.11. The predicted molar refractivity (Wildman–Crippen MR) is 82.9 cm³/mol. The Labute approximate surface area is 132 Å². The SMILES string of the molecule is CCc1nc(C)c(C(=O)N[C@H]2CCOc3c(F)cccc32)s1. The van der Waals surface area contributed by atoms with Gasteiger partial charge in [0.1, 0.15) is 4.88 Å². The molecule has 1 aliphatic heterocycles. The summed E-state index contributed by atoms with van der Waals surface area (Å²) in [5, 5.41) is 3.93. The van der Waals surface area contributed by atoms with Gasteiger partial charge in [0.15, 0.2) is 11.6 Å². The van der Waals surface area contributed by atoms with Crippen LogP contribution in [-0.2, 0) is 6.42 Å². The number of halogens is 1. The summed E-state index contributed by atoms with van der Waals surface area (Å²) in [4.78, 5) is 17.5. The monoisotopic (exact) mass is 320 g/mol. The maximum atomic E-state index is 13.8. The number of benzene rings is 1. The molecule has 0 fully saturated rings. The van der Waals surface area contributed by atoms with Crippen molar-refractivity contribution in [2.75, 3.05) is 6.61 Å². The molecule has 4 nitrogen and oxygen atoms in total. The molecule has 6 heteroatoms. The number of rotatable bonds is 3. The first kappa shape index (κ1) is 15.0. The van der Waals surface area contributed by atoms with Gasteiger partial charge in [0.2, 0.25) is 0 Å². The molecule has 2 heterocycles. The van der Waals surface area contributed by atoms with Crippen LogP contribution >= 0.6 is 11.3 Å². The highest BCUT2D eigenvalue weighted by Gasteiger charge is 2.26. The van der Waals surface area contributed by atoms with E-state index in [0.717, 1.165) is 17.1 Å². The van der Waals surface area contributed by atoms with E-state index in [-0.39, 0.29) is 17.7 Å². The molecule has 0 aliphatic carbocycles. The minimum absolute atomic E-state index is 0.156. The third-order valence-electron chi connectivity index (χ3n) is 3.68. The van der Waals surface area contributed by atoms with Gasteiger partial charge in [-0.25, -0.2) is 9.37 Å². The summed E-state index contributed by atoms with van der Waals surface area (Å²) < 4.78 is 19.2. The second-order valence-corrected chi connectivity index (χ2v) is 6.28. The topological polar surface area (TPSA) is 51.2 Å². The molecular formula is C16H17FN2O2S. The molecule has 0 bridgehead atoms. The first-order valence-electron chi connectivity index (χ1n) is 7.28. The lowest BCUT2D eigenvalue weighted by Crippen LogP contribution is -2.32. The highest BCUT2D eigenvalue weighted by Crippen LogP contribution is 2.34. The fraction of sp³-hybridized carbons (Fsp3) is 0.375. The van der Waals surface area contributed by atoms with Crippen molar-refractivity contribution in [2.24, 2.45) is 0 Å². The third kappa shape index (κ3) is 2.70. The fourth-order valence-corrected chi connectivity index (χ4v) is 3.48. The first-order chi connectivity index (χ1) is 10.6. The molecule has 0 saturated carbocycles. The molecule has 0 saturated heterocycles. The van der Waals surface area contributed by atoms with Gasteiger partial charge in [-0.15, -0.1) is 11.3 Å². The molecule has 0 unspecified atom stereocenters. The van der Waals surface area contributed by atoms with Gasteiger partial charge in [0.05, 0.1) is 23.4 Å². The zero-order chi connectivity index (χ0) is 15.7. The summed E-state index contributed by atoms with van der Waals surface area (Å²) in [5.41, 5.74) is 1.43. The molecule has 1 N–H and O–H groups in total. The van der Waals surface area contributed by atoms with Gasteiger partial charge in [-0.1, -0.05) is 19.1 Å². The minimum Gasteiger partial charge on any atom is -0.490 e. The van der Waals surface area contributed by atoms with E-state index in [9.17, 15) is 9.18 Å². The quantitative estimate of drug-likeness (QED) is 0.943. The molecule has 0 spiro atoms. The molecule has 116 valence electrons. The lowest BCUT2D eigenvalue weighted by atomic mass is 10.00. The van der Waals surface area contributed by atoms with Gasteiger partial charge < -0.3 is 10.1 Å². The Morgan fingerprint density at radius 3 is 3.09 bits per heavy atom. The number of aryl methyl sites for hydroxylation is 2. The highest BCUT2D eigenvalue weighted by molar-refractivity contribution is 7.13. The average Bonchev–Trinajstić information content (AvgIpc) is 2.89. The summed E-state index contributed by atoms with van der Waals surface area (Å²) in [6.07, 6.45) is 1.44. The maximum absolute atomic E-state index is 13.8. The number of amides is 1. The molecule has 1 aliphatic rings. The number of carbonyl (C=O) groups excluding carboxylic acids is 1. The second kappa shape index (κ2) is 6.04. The van der Waals surface area contributed by atoms with Gasteiger partial charge in [0, 0.05) is 12.0 Å². The molecule has 3 rings (SSSR count). The third-order valence-corrected chi connectivity index (χ3v) is 4.98. The molecule has 1 atom stereocenters. The fourth-order valence-electron chi connectivity index (χ4n) is 2.57. The van der Waals surface area contributed by atoms with Crippen LogP contribution in [0, 0.1) is 12.7 Å². The van der Waals surface area contributed by atoms with Crippen LogP contribution in [-0.4, -0.2) is 17.5 Å². The Morgan fingerprint density at radius 2 is 2.36 bits per heavy atom. The summed E-state index contributed by atoms with van der Waals surface area (Å²) in [6, 6.07) is 4.55. The van der Waals surface area contributed by atoms with Crippen LogP contribution < -0.4 is 10.1 Å². The van der Waals surface area contributed by atoms with Crippen molar-refractivity contribution in [1.29, 1.82) is 0 Å². The van der Waals surface area contributed by atoms with Crippen molar-refractivity contribution in [2.45, 2.75) is 32.7 Å². The Hall–Kier alpha value is -1.95. The van der Waals surface area contributed by atoms with E-state index >= 15 is 0 Å². The molecule has 1 amide bonds. The van der Waals surface area contributed by atoms with Crippen molar-refractivity contribution >= 4 is 17.2 Å². The standard InChI is InChI=1S/C16H17FN2O2S/c1-3-13-18-9(2)15(22-13)16(20)19-12-7-8-21-14-10(12)5-4-6-11(14)17/h4-6,12H,3,7-8H2,1-2H3,(H,19,20)/t12-/m0/s1. The summed E-state index contributed by atoms with van der Waals surface area (Å²) in [6.45, 7) is 4.24. The zero-order valence-corrected chi connectivity index (χ0v) is 13.3. The summed E-state index contributed by atoms with van der Waals surface area (Å²) >= 11 is 1.41. The van der Waals surface area contributed by atoms with Crippen LogP contribution in [0.15, 0.2) is 18.2 Å². The van der Waals surface area contributed by atoms with E-state index in [0.29, 0.717) is 23.5 Å². The second-order valence-electron chi connectivity index (χ2n) is 5.20. The van der Waals surface area contributed by atoms with Gasteiger partial charge in [-0.05, 0) is 19.4 Å². The van der Waals surface area contributed by atoms with Crippen molar-refractivity contribution in [3.8, 4) is 5.75 Å². The normalized spacial score (nSPS) is 16.8. The lowest BCUT2D eigenvalue weighted by Gasteiger charge is -2.26. The van der Waals surface area contributed by atoms with E-state index in [1.165, 1.54) is 17.4 Å². The lowest BCUT2D eigenvalue weighted by molar-refractivity contribution is 0.0927. The van der Waals surface area contributed by atoms with Crippen molar-refractivity contribution in [3.05, 3.63) is 45.2 Å². The number of nitrogens with zero attached hydrogens (tertiary/aromatic N) is 1. The minimum atomic E-state index is -0.390. The molecule has 0 radical (unpaired) electrons. The molecule has 1 aromatic heterocycles. The largest absolute Gasteiger partial charge is 0.490 e. The molecule has 22 heavy (non-hydrogen) atoms. The first-order valence-corrected chi connectivity index (χ1v) is 8.10. The van der Waals surface area contributed by atoms with E-state index in [1.807, 2.05) is 13.8 Å². The molecule has 2 aromatic rings. The van der Waals surface area contributed by atoms with Crippen LogP contribution in [0.2, 0.25) is 0 Å². The highest BCUT2D eigenvalue weighted by atomic mass is 32.1. The Bertz CT molecular complexity index is 714. The zero-order valence-electron chi connectivity index (χ0n) is 12.5. The number of para-hydroxylation sites is 1. The number of aromatic nitrogens is 1. The smallest absolute Gasteiger partial charge is 0.263 e. The van der Waals surface area contributed by atoms with Gasteiger partial charge in [0.25, 0.3) is 5.91 Å². The van der Waals surface area contributed by atoms with Crippen LogP contribution in [0.5, 0.6) is 5.75 Å². The Morgan fingerprint density at radius 1 is 1.55 bits per heavy atom. The van der Waals surface area contributed by atoms with Crippen LogP contribution in [0.1, 0.15) is 45.3 Å². The number of thiazole rings is 1. The van der Waals surface area contributed by atoms with Gasteiger partial charge in [-0.2, -0.15) is 0 Å². The predicted octanol–water partition coefficient (Wildman–Crippen LogP) is 3.41. The van der Waals surface area contributed by atoms with Crippen molar-refractivity contribution in [3.63, 3.8) is 0 Å². The number of carbonyl (C=O) groups is 1. The van der Waals surface area contributed by atoms with E-state index < -0.39 is 5.82 Å². The number of hydrogen-bond donors (Lipinski definition) is 1. The van der Waals surface area contributed by atoms with Crippen LogP contribution in [0.25, 0.3) is 0 Å². The number of fused-ring (bicyclic) bond motifs is 1. The molecule has 1 aromatic carbocycles. The van der Waals surface area contributed by atoms with Crippen LogP contribution in [0.3, 0.4) is 0 Å². The van der Waals surface area contributed by atoms with Crippen molar-refractivity contribution in [1.82, 2.24) is 10.3 Å². The maximum Gasteiger partial charge on any atom is 0.263 e.